The summed E-state index contributed by atoms with van der Waals surface area (Å²) in [6.07, 6.45) is 8.54. The summed E-state index contributed by atoms with van der Waals surface area (Å²) in [5.74, 6) is 0. The van der Waals surface area contributed by atoms with Gasteiger partial charge in [0.05, 0.1) is 0 Å². The molecule has 0 N–H and O–H groups in total. The van der Waals surface area contributed by atoms with Crippen LogP contribution in [0.2, 0.25) is 0 Å². The maximum absolute atomic E-state index is 4.33. The first-order valence-corrected chi connectivity index (χ1v) is 4.99. The average Bonchev–Trinajstić information content (AvgIpc) is 2.22. The minimum absolute atomic E-state index is 1.10. The Hall–Kier alpha value is -1.11. The second-order valence-corrected chi connectivity index (χ2v) is 2.93. The Morgan fingerprint density at radius 1 is 1.31 bits per heavy atom. The van der Waals surface area contributed by atoms with E-state index >= 15 is 0 Å². The molecule has 2 rings (SSSR count). The molecule has 0 atom stereocenters. The van der Waals surface area contributed by atoms with Crippen LogP contribution in [0.25, 0.3) is 6.08 Å². The smallest absolute Gasteiger partial charge is 0.0481 e. The average molecular weight is 175 g/mol. The number of fused-ring (bicyclic) bond motifs is 1. The monoisotopic (exact) mass is 175 g/mol. The molecule has 1 heterocycles. The third-order valence-electron chi connectivity index (χ3n) is 2.12. The summed E-state index contributed by atoms with van der Waals surface area (Å²) in [5, 5.41) is 0. The highest BCUT2D eigenvalue weighted by atomic mass is 14.7. The van der Waals surface area contributed by atoms with Crippen molar-refractivity contribution in [2.75, 3.05) is 0 Å². The summed E-state index contributed by atoms with van der Waals surface area (Å²) in [4.78, 5) is 4.33. The molecule has 0 saturated heterocycles. The van der Waals surface area contributed by atoms with E-state index in [0.29, 0.717) is 0 Å². The van der Waals surface area contributed by atoms with Gasteiger partial charge in [0.2, 0.25) is 0 Å². The normalized spacial score (nSPS) is 12.8. The van der Waals surface area contributed by atoms with Gasteiger partial charge in [0.15, 0.2) is 0 Å². The first-order valence-electron chi connectivity index (χ1n) is 4.99. The third kappa shape index (κ3) is 2.18. The molecule has 1 aliphatic carbocycles. The first kappa shape index (κ1) is 9.97. The Balaban J connectivity index is 0.000000396. The van der Waals surface area contributed by atoms with Gasteiger partial charge in [0, 0.05) is 11.9 Å². The van der Waals surface area contributed by atoms with Crippen molar-refractivity contribution < 1.29 is 0 Å². The molecule has 0 unspecified atom stereocenters. The Bertz CT molecular complexity index is 300. The van der Waals surface area contributed by atoms with Crippen LogP contribution in [0.3, 0.4) is 0 Å². The molecule has 0 saturated carbocycles. The molecule has 0 aromatic carbocycles. The van der Waals surface area contributed by atoms with Crippen molar-refractivity contribution in [2.45, 2.75) is 33.6 Å². The molecule has 1 aromatic rings. The number of aromatic nitrogens is 1. The van der Waals surface area contributed by atoms with E-state index in [9.17, 15) is 0 Å². The van der Waals surface area contributed by atoms with Gasteiger partial charge in [-0.2, -0.15) is 0 Å². The zero-order chi connectivity index (χ0) is 9.68. The first-order chi connectivity index (χ1) is 6.38. The largest absolute Gasteiger partial charge is 0.261 e. The standard InChI is InChI=1S/C10H11N.C2H6/c1-8-6-7-11-10-5-3-2-4-9(8)10;1-2/h2,4,6-7H,3,5H2,1H3;1-2H3. The van der Waals surface area contributed by atoms with Crippen molar-refractivity contribution in [1.29, 1.82) is 0 Å². The van der Waals surface area contributed by atoms with Gasteiger partial charge in [-0.15, -0.1) is 0 Å². The number of hydrogen-bond acceptors (Lipinski definition) is 1. The fourth-order valence-electron chi connectivity index (χ4n) is 1.47. The van der Waals surface area contributed by atoms with Crippen molar-refractivity contribution in [2.24, 2.45) is 0 Å². The lowest BCUT2D eigenvalue weighted by molar-refractivity contribution is 0.921. The predicted molar refractivity (Wildman–Crippen MR) is 57.7 cm³/mol. The topological polar surface area (TPSA) is 12.9 Å². The SMILES string of the molecule is CC.Cc1ccnc2c1C=CCC2. The summed E-state index contributed by atoms with van der Waals surface area (Å²) in [6, 6.07) is 2.06. The Labute approximate surface area is 80.5 Å². The van der Waals surface area contributed by atoms with E-state index < -0.39 is 0 Å². The highest BCUT2D eigenvalue weighted by molar-refractivity contribution is 5.57. The third-order valence-corrected chi connectivity index (χ3v) is 2.12. The van der Waals surface area contributed by atoms with Crippen LogP contribution in [0, 0.1) is 6.92 Å². The molecule has 13 heavy (non-hydrogen) atoms. The summed E-state index contributed by atoms with van der Waals surface area (Å²) in [5.41, 5.74) is 3.93. The van der Waals surface area contributed by atoms with E-state index in [1.807, 2.05) is 20.0 Å². The van der Waals surface area contributed by atoms with Crippen molar-refractivity contribution in [3.8, 4) is 0 Å². The maximum Gasteiger partial charge on any atom is 0.0481 e. The minimum Gasteiger partial charge on any atom is -0.261 e. The Morgan fingerprint density at radius 2 is 2.08 bits per heavy atom. The van der Waals surface area contributed by atoms with E-state index in [2.05, 4.69) is 30.1 Å². The number of pyridine rings is 1. The van der Waals surface area contributed by atoms with Crippen LogP contribution < -0.4 is 0 Å². The zero-order valence-electron chi connectivity index (χ0n) is 8.67. The molecule has 0 spiro atoms. The molecule has 0 amide bonds. The highest BCUT2D eigenvalue weighted by Crippen LogP contribution is 2.19. The molecule has 0 aliphatic heterocycles. The van der Waals surface area contributed by atoms with Gasteiger partial charge in [0.1, 0.15) is 0 Å². The van der Waals surface area contributed by atoms with E-state index in [-0.39, 0.29) is 0 Å². The highest BCUT2D eigenvalue weighted by Gasteiger charge is 2.06. The van der Waals surface area contributed by atoms with E-state index in [1.54, 1.807) is 0 Å². The van der Waals surface area contributed by atoms with Crippen LogP contribution in [0.5, 0.6) is 0 Å². The number of allylic oxidation sites excluding steroid dienone is 1. The van der Waals surface area contributed by atoms with Crippen molar-refractivity contribution in [1.82, 2.24) is 4.98 Å². The summed E-state index contributed by atoms with van der Waals surface area (Å²) in [6.45, 7) is 6.14. The van der Waals surface area contributed by atoms with Gasteiger partial charge >= 0.3 is 0 Å². The minimum atomic E-state index is 1.10. The van der Waals surface area contributed by atoms with Crippen molar-refractivity contribution >= 4 is 6.08 Å². The molecular weight excluding hydrogens is 158 g/mol. The van der Waals surface area contributed by atoms with Crippen LogP contribution >= 0.6 is 0 Å². The van der Waals surface area contributed by atoms with Gasteiger partial charge in [0.25, 0.3) is 0 Å². The van der Waals surface area contributed by atoms with Crippen molar-refractivity contribution in [3.05, 3.63) is 35.2 Å². The molecule has 0 radical (unpaired) electrons. The van der Waals surface area contributed by atoms with Crippen LogP contribution in [0.4, 0.5) is 0 Å². The lowest BCUT2D eigenvalue weighted by Gasteiger charge is -2.10. The van der Waals surface area contributed by atoms with E-state index in [0.717, 1.165) is 12.8 Å². The van der Waals surface area contributed by atoms with Crippen molar-refractivity contribution in [3.63, 3.8) is 0 Å². The Morgan fingerprint density at radius 3 is 2.77 bits per heavy atom. The van der Waals surface area contributed by atoms with E-state index in [1.165, 1.54) is 16.8 Å². The molecule has 1 heteroatoms. The molecule has 0 bridgehead atoms. The molecule has 0 fully saturated rings. The van der Waals surface area contributed by atoms with Gasteiger partial charge in [-0.05, 0) is 37.0 Å². The quantitative estimate of drug-likeness (QED) is 0.589. The zero-order valence-corrected chi connectivity index (χ0v) is 8.67. The molecule has 1 nitrogen and oxygen atoms in total. The van der Waals surface area contributed by atoms with Crippen LogP contribution in [0.15, 0.2) is 18.3 Å². The summed E-state index contributed by atoms with van der Waals surface area (Å²) >= 11 is 0. The van der Waals surface area contributed by atoms with Gasteiger partial charge in [-0.3, -0.25) is 4.98 Å². The predicted octanol–water partition coefficient (Wildman–Crippen LogP) is 3.38. The summed E-state index contributed by atoms with van der Waals surface area (Å²) < 4.78 is 0. The van der Waals surface area contributed by atoms with Gasteiger partial charge < -0.3 is 0 Å². The fourth-order valence-corrected chi connectivity index (χ4v) is 1.47. The summed E-state index contributed by atoms with van der Waals surface area (Å²) in [7, 11) is 0. The molecule has 70 valence electrons. The number of nitrogens with zero attached hydrogens (tertiary/aromatic N) is 1. The van der Waals surface area contributed by atoms with Gasteiger partial charge in [-0.1, -0.05) is 26.0 Å². The van der Waals surface area contributed by atoms with Gasteiger partial charge in [-0.25, -0.2) is 0 Å². The number of rotatable bonds is 0. The lowest BCUT2D eigenvalue weighted by atomic mass is 9.99. The molecular formula is C12H17N. The fraction of sp³-hybridized carbons (Fsp3) is 0.417. The second-order valence-electron chi connectivity index (χ2n) is 2.93. The van der Waals surface area contributed by atoms with E-state index in [4.69, 9.17) is 0 Å². The van der Waals surface area contributed by atoms with Crippen LogP contribution in [-0.4, -0.2) is 4.98 Å². The van der Waals surface area contributed by atoms with Crippen LogP contribution in [0.1, 0.15) is 37.1 Å². The number of aryl methyl sites for hydroxylation is 2. The molecule has 1 aliphatic rings. The maximum atomic E-state index is 4.33. The lowest BCUT2D eigenvalue weighted by Crippen LogP contribution is -1.98. The number of hydrogen-bond donors (Lipinski definition) is 0. The Kier molecular flexibility index (Phi) is 3.69. The molecule has 1 aromatic heterocycles. The second kappa shape index (κ2) is 4.80. The van der Waals surface area contributed by atoms with Crippen LogP contribution in [-0.2, 0) is 6.42 Å².